The van der Waals surface area contributed by atoms with Gasteiger partial charge in [-0.3, -0.25) is 4.79 Å². The second kappa shape index (κ2) is 7.48. The summed E-state index contributed by atoms with van der Waals surface area (Å²) >= 11 is 0. The number of benzene rings is 2. The molecule has 0 spiro atoms. The van der Waals surface area contributed by atoms with Crippen LogP contribution in [0.2, 0.25) is 0 Å². The Balaban J connectivity index is 1.58. The Kier molecular flexibility index (Phi) is 4.94. The van der Waals surface area contributed by atoms with Crippen LogP contribution in [-0.4, -0.2) is 15.9 Å². The van der Waals surface area contributed by atoms with Gasteiger partial charge >= 0.3 is 0 Å². The third-order valence-corrected chi connectivity index (χ3v) is 3.38. The Morgan fingerprint density at radius 3 is 2.04 bits per heavy atom. The molecule has 0 saturated heterocycles. The summed E-state index contributed by atoms with van der Waals surface area (Å²) in [5.74, 6) is -0.714. The van der Waals surface area contributed by atoms with Crippen molar-refractivity contribution in [3.05, 3.63) is 83.7 Å². The summed E-state index contributed by atoms with van der Waals surface area (Å²) in [5.41, 5.74) is 1.63. The van der Waals surface area contributed by atoms with Gasteiger partial charge in [0.1, 0.15) is 11.6 Å². The summed E-state index contributed by atoms with van der Waals surface area (Å²) in [7, 11) is 0. The zero-order valence-corrected chi connectivity index (χ0v) is 13.0. The monoisotopic (exact) mass is 340 g/mol. The normalized spacial score (nSPS) is 10.3. The van der Waals surface area contributed by atoms with E-state index in [2.05, 4.69) is 20.6 Å². The lowest BCUT2D eigenvalue weighted by atomic mass is 10.2. The molecular weight excluding hydrogens is 326 g/mol. The fraction of sp³-hybridized carbons (Fsp3) is 0.0556. The summed E-state index contributed by atoms with van der Waals surface area (Å²) < 4.78 is 25.7. The number of amides is 1. The molecule has 0 aliphatic heterocycles. The van der Waals surface area contributed by atoms with Crippen molar-refractivity contribution in [2.24, 2.45) is 0 Å². The molecule has 25 heavy (non-hydrogen) atoms. The predicted molar refractivity (Wildman–Crippen MR) is 90.1 cm³/mol. The van der Waals surface area contributed by atoms with Crippen LogP contribution in [0.3, 0.4) is 0 Å². The Labute approximate surface area is 142 Å². The third kappa shape index (κ3) is 4.57. The van der Waals surface area contributed by atoms with E-state index in [0.717, 1.165) is 5.56 Å². The zero-order chi connectivity index (χ0) is 17.6. The van der Waals surface area contributed by atoms with Gasteiger partial charge in [-0.25, -0.2) is 18.7 Å². The number of hydrogen-bond acceptors (Lipinski definition) is 4. The number of carbonyl (C=O) groups is 1. The lowest BCUT2D eigenvalue weighted by Gasteiger charge is -2.07. The molecule has 3 rings (SSSR count). The van der Waals surface area contributed by atoms with Crippen molar-refractivity contribution in [1.29, 1.82) is 0 Å². The van der Waals surface area contributed by atoms with Crippen LogP contribution in [0.15, 0.2) is 60.9 Å². The predicted octanol–water partition coefficient (Wildman–Crippen LogP) is 3.62. The second-order valence-corrected chi connectivity index (χ2v) is 5.24. The molecule has 0 saturated carbocycles. The van der Waals surface area contributed by atoms with E-state index >= 15 is 0 Å². The van der Waals surface area contributed by atoms with Crippen LogP contribution in [0.25, 0.3) is 0 Å². The van der Waals surface area contributed by atoms with Crippen molar-refractivity contribution in [2.45, 2.75) is 6.54 Å². The lowest BCUT2D eigenvalue weighted by Crippen LogP contribution is -2.13. The molecule has 0 fully saturated rings. The van der Waals surface area contributed by atoms with Crippen LogP contribution < -0.4 is 10.6 Å². The van der Waals surface area contributed by atoms with Crippen LogP contribution in [0.4, 0.5) is 20.4 Å². The number of carbonyl (C=O) groups excluding carboxylic acids is 1. The van der Waals surface area contributed by atoms with Gasteiger partial charge in [-0.05, 0) is 42.0 Å². The largest absolute Gasteiger partial charge is 0.350 e. The first-order valence-electron chi connectivity index (χ1n) is 7.47. The Bertz CT molecular complexity index is 850. The summed E-state index contributed by atoms with van der Waals surface area (Å²) in [4.78, 5) is 20.2. The van der Waals surface area contributed by atoms with Gasteiger partial charge in [0.15, 0.2) is 0 Å². The Hall–Kier alpha value is -3.35. The van der Waals surface area contributed by atoms with Crippen molar-refractivity contribution in [3.63, 3.8) is 0 Å². The number of nitrogens with zero attached hydrogens (tertiary/aromatic N) is 2. The van der Waals surface area contributed by atoms with Crippen LogP contribution >= 0.6 is 0 Å². The molecular formula is C18H14F2N4O. The maximum atomic E-state index is 12.8. The fourth-order valence-electron chi connectivity index (χ4n) is 2.06. The maximum absolute atomic E-state index is 12.8. The van der Waals surface area contributed by atoms with Gasteiger partial charge < -0.3 is 10.6 Å². The molecule has 3 aromatic rings. The first-order valence-corrected chi connectivity index (χ1v) is 7.47. The van der Waals surface area contributed by atoms with Gasteiger partial charge in [-0.2, -0.15) is 0 Å². The minimum absolute atomic E-state index is 0.275. The molecule has 0 unspecified atom stereocenters. The molecule has 126 valence electrons. The molecule has 1 aromatic heterocycles. The second-order valence-electron chi connectivity index (χ2n) is 5.24. The summed E-state index contributed by atoms with van der Waals surface area (Å²) in [5, 5.41) is 5.61. The van der Waals surface area contributed by atoms with Crippen molar-refractivity contribution < 1.29 is 13.6 Å². The quantitative estimate of drug-likeness (QED) is 0.744. The lowest BCUT2D eigenvalue weighted by molar-refractivity contribution is 0.102. The Morgan fingerprint density at radius 2 is 1.44 bits per heavy atom. The first kappa shape index (κ1) is 16.5. The number of nitrogens with one attached hydrogen (secondary N) is 2. The topological polar surface area (TPSA) is 66.9 Å². The minimum Gasteiger partial charge on any atom is -0.350 e. The van der Waals surface area contributed by atoms with E-state index in [1.807, 2.05) is 0 Å². The maximum Gasteiger partial charge on any atom is 0.258 e. The standard InChI is InChI=1S/C18H14F2N4O/c19-14-3-1-12(2-4-14)9-21-18-22-10-13(11-23-18)17(25)24-16-7-5-15(20)6-8-16/h1-8,10-11H,9H2,(H,24,25)(H,21,22,23). The van der Waals surface area contributed by atoms with Gasteiger partial charge in [0.05, 0.1) is 5.56 Å². The molecule has 1 amide bonds. The molecule has 0 atom stereocenters. The van der Waals surface area contributed by atoms with Gasteiger partial charge in [0.2, 0.25) is 5.95 Å². The van der Waals surface area contributed by atoms with Gasteiger partial charge in [0.25, 0.3) is 5.91 Å². The number of hydrogen-bond donors (Lipinski definition) is 2. The minimum atomic E-state index is -0.392. The van der Waals surface area contributed by atoms with E-state index in [-0.39, 0.29) is 17.2 Å². The van der Waals surface area contributed by atoms with Crippen molar-refractivity contribution in [2.75, 3.05) is 10.6 Å². The van der Waals surface area contributed by atoms with Gasteiger partial charge in [0, 0.05) is 24.6 Å². The third-order valence-electron chi connectivity index (χ3n) is 3.38. The average Bonchev–Trinajstić information content (AvgIpc) is 2.63. The molecule has 0 aliphatic carbocycles. The van der Waals surface area contributed by atoms with Crippen LogP contribution in [0.1, 0.15) is 15.9 Å². The fourth-order valence-corrected chi connectivity index (χ4v) is 2.06. The molecule has 0 radical (unpaired) electrons. The van der Waals surface area contributed by atoms with Crippen LogP contribution in [-0.2, 0) is 6.54 Å². The van der Waals surface area contributed by atoms with Crippen molar-refractivity contribution in [1.82, 2.24) is 9.97 Å². The molecule has 2 aromatic carbocycles. The van der Waals surface area contributed by atoms with E-state index in [1.165, 1.54) is 48.8 Å². The van der Waals surface area contributed by atoms with Crippen LogP contribution in [0.5, 0.6) is 0 Å². The van der Waals surface area contributed by atoms with E-state index in [9.17, 15) is 13.6 Å². The average molecular weight is 340 g/mol. The molecule has 5 nitrogen and oxygen atoms in total. The number of halogens is 2. The Morgan fingerprint density at radius 1 is 0.880 bits per heavy atom. The smallest absolute Gasteiger partial charge is 0.258 e. The number of rotatable bonds is 5. The zero-order valence-electron chi connectivity index (χ0n) is 13.0. The van der Waals surface area contributed by atoms with Gasteiger partial charge in [-0.15, -0.1) is 0 Å². The van der Waals surface area contributed by atoms with Crippen molar-refractivity contribution in [3.8, 4) is 0 Å². The number of anilines is 2. The summed E-state index contributed by atoms with van der Waals surface area (Å²) in [6.45, 7) is 0.432. The van der Waals surface area contributed by atoms with E-state index in [1.54, 1.807) is 12.1 Å². The molecule has 0 aliphatic rings. The highest BCUT2D eigenvalue weighted by atomic mass is 19.1. The molecule has 7 heteroatoms. The van der Waals surface area contributed by atoms with Crippen LogP contribution in [0, 0.1) is 11.6 Å². The molecule has 0 bridgehead atoms. The summed E-state index contributed by atoms with van der Waals surface area (Å²) in [6.07, 6.45) is 2.78. The molecule has 2 N–H and O–H groups in total. The van der Waals surface area contributed by atoms with Gasteiger partial charge in [-0.1, -0.05) is 12.1 Å². The molecule has 1 heterocycles. The van der Waals surface area contributed by atoms with E-state index in [0.29, 0.717) is 18.2 Å². The van der Waals surface area contributed by atoms with Crippen molar-refractivity contribution >= 4 is 17.5 Å². The highest BCUT2D eigenvalue weighted by Gasteiger charge is 2.08. The van der Waals surface area contributed by atoms with E-state index < -0.39 is 5.91 Å². The first-order chi connectivity index (χ1) is 12.1. The highest BCUT2D eigenvalue weighted by molar-refractivity contribution is 6.03. The highest BCUT2D eigenvalue weighted by Crippen LogP contribution is 2.11. The number of aromatic nitrogens is 2. The van der Waals surface area contributed by atoms with E-state index in [4.69, 9.17) is 0 Å². The summed E-state index contributed by atoms with van der Waals surface area (Å²) in [6, 6.07) is 11.5. The SMILES string of the molecule is O=C(Nc1ccc(F)cc1)c1cnc(NCc2ccc(F)cc2)nc1.